The number of fused-ring (bicyclic) bond motifs is 1. The lowest BCUT2D eigenvalue weighted by Gasteiger charge is -2.20. The highest BCUT2D eigenvalue weighted by atomic mass is 15.1. The molecule has 1 nitrogen and oxygen atoms in total. The van der Waals surface area contributed by atoms with Crippen LogP contribution in [-0.2, 0) is 0 Å². The van der Waals surface area contributed by atoms with Gasteiger partial charge in [-0.15, -0.1) is 0 Å². The Labute approximate surface area is 105 Å². The molecule has 0 aromatic heterocycles. The average molecular weight is 227 g/mol. The summed E-state index contributed by atoms with van der Waals surface area (Å²) in [5.41, 5.74) is 5.64. The number of hydrogen-bond donors (Lipinski definition) is 0. The van der Waals surface area contributed by atoms with E-state index in [1.54, 1.807) is 0 Å². The van der Waals surface area contributed by atoms with E-state index >= 15 is 0 Å². The van der Waals surface area contributed by atoms with E-state index in [-0.39, 0.29) is 0 Å². The van der Waals surface area contributed by atoms with E-state index in [0.29, 0.717) is 0 Å². The molecule has 2 aliphatic carbocycles. The van der Waals surface area contributed by atoms with Gasteiger partial charge in [-0.05, 0) is 24.0 Å². The first-order valence-corrected chi connectivity index (χ1v) is 6.37. The molecule has 0 amide bonds. The monoisotopic (exact) mass is 227 g/mol. The summed E-state index contributed by atoms with van der Waals surface area (Å²) < 4.78 is 0. The summed E-state index contributed by atoms with van der Waals surface area (Å²) in [5, 5.41) is 0. The Bertz CT molecular complexity index is 442. The third-order valence-corrected chi connectivity index (χ3v) is 3.34. The fourth-order valence-electron chi connectivity index (χ4n) is 2.41. The molecule has 90 valence electrons. The maximum absolute atomic E-state index is 2.29. The summed E-state index contributed by atoms with van der Waals surface area (Å²) >= 11 is 0. The molecule has 0 atom stereocenters. The lowest BCUT2D eigenvalue weighted by molar-refractivity contribution is 0.498. The number of rotatable bonds is 2. The van der Waals surface area contributed by atoms with Crippen molar-refractivity contribution in [1.29, 1.82) is 0 Å². The molecule has 0 radical (unpaired) electrons. The highest BCUT2D eigenvalue weighted by molar-refractivity contribution is 5.56. The SMILES string of the molecule is CCC1=C2C=CCC=CC2=C(N(C)C)CC=C1. The van der Waals surface area contributed by atoms with Crippen LogP contribution in [0, 0.1) is 0 Å². The van der Waals surface area contributed by atoms with E-state index in [1.165, 1.54) is 22.4 Å². The largest absolute Gasteiger partial charge is 0.380 e. The fraction of sp³-hybridized carbons (Fsp3) is 0.375. The lowest BCUT2D eigenvalue weighted by Crippen LogP contribution is -2.13. The summed E-state index contributed by atoms with van der Waals surface area (Å²) in [4.78, 5) is 2.24. The molecule has 0 N–H and O–H groups in total. The minimum atomic E-state index is 1.02. The van der Waals surface area contributed by atoms with Crippen LogP contribution in [0.1, 0.15) is 26.2 Å². The van der Waals surface area contributed by atoms with Crippen LogP contribution in [0.5, 0.6) is 0 Å². The van der Waals surface area contributed by atoms with Gasteiger partial charge < -0.3 is 4.90 Å². The van der Waals surface area contributed by atoms with Crippen molar-refractivity contribution in [1.82, 2.24) is 4.90 Å². The molecule has 0 fully saturated rings. The minimum Gasteiger partial charge on any atom is -0.380 e. The maximum Gasteiger partial charge on any atom is 0.0245 e. The first-order chi connectivity index (χ1) is 8.24. The van der Waals surface area contributed by atoms with Gasteiger partial charge in [0, 0.05) is 31.8 Å². The summed E-state index contributed by atoms with van der Waals surface area (Å²) in [7, 11) is 4.26. The molecule has 0 saturated heterocycles. The second-order valence-electron chi connectivity index (χ2n) is 4.69. The predicted molar refractivity (Wildman–Crippen MR) is 74.7 cm³/mol. The Morgan fingerprint density at radius 1 is 1.00 bits per heavy atom. The van der Waals surface area contributed by atoms with Gasteiger partial charge in [-0.25, -0.2) is 0 Å². The van der Waals surface area contributed by atoms with Crippen molar-refractivity contribution >= 4 is 0 Å². The van der Waals surface area contributed by atoms with Gasteiger partial charge in [0.25, 0.3) is 0 Å². The molecular formula is C16H21N. The van der Waals surface area contributed by atoms with Crippen molar-refractivity contribution in [2.24, 2.45) is 0 Å². The van der Waals surface area contributed by atoms with Crippen LogP contribution in [0.2, 0.25) is 0 Å². The molecule has 0 saturated carbocycles. The van der Waals surface area contributed by atoms with Gasteiger partial charge in [0.2, 0.25) is 0 Å². The summed E-state index contributed by atoms with van der Waals surface area (Å²) in [6, 6.07) is 0. The van der Waals surface area contributed by atoms with Crippen LogP contribution >= 0.6 is 0 Å². The van der Waals surface area contributed by atoms with Gasteiger partial charge >= 0.3 is 0 Å². The summed E-state index contributed by atoms with van der Waals surface area (Å²) in [6.45, 7) is 2.23. The molecule has 2 rings (SSSR count). The Kier molecular flexibility index (Phi) is 3.68. The zero-order valence-corrected chi connectivity index (χ0v) is 11.0. The van der Waals surface area contributed by atoms with Crippen molar-refractivity contribution in [3.05, 3.63) is 58.9 Å². The van der Waals surface area contributed by atoms with Gasteiger partial charge in [-0.1, -0.05) is 43.4 Å². The van der Waals surface area contributed by atoms with Gasteiger partial charge in [-0.3, -0.25) is 0 Å². The normalized spacial score (nSPS) is 19.2. The number of allylic oxidation sites excluding steroid dienone is 9. The van der Waals surface area contributed by atoms with Gasteiger partial charge in [-0.2, -0.15) is 0 Å². The van der Waals surface area contributed by atoms with E-state index in [2.05, 4.69) is 62.4 Å². The summed E-state index contributed by atoms with van der Waals surface area (Å²) in [6.07, 6.45) is 16.8. The molecule has 0 heterocycles. The maximum atomic E-state index is 2.29. The van der Waals surface area contributed by atoms with E-state index < -0.39 is 0 Å². The molecule has 0 unspecified atom stereocenters. The van der Waals surface area contributed by atoms with Crippen LogP contribution in [0.15, 0.2) is 58.9 Å². The van der Waals surface area contributed by atoms with E-state index in [0.717, 1.165) is 19.3 Å². The first kappa shape index (κ1) is 12.0. The van der Waals surface area contributed by atoms with Crippen LogP contribution in [0.25, 0.3) is 0 Å². The Morgan fingerprint density at radius 3 is 2.35 bits per heavy atom. The standard InChI is InChI=1S/C16H21N/c1-4-13-9-8-12-16(17(2)3)15-11-7-5-6-10-14(13)15/h6-11H,4-5,12H2,1-3H3. The molecule has 0 aliphatic heterocycles. The molecule has 1 heteroatoms. The van der Waals surface area contributed by atoms with Gasteiger partial charge in [0.05, 0.1) is 0 Å². The van der Waals surface area contributed by atoms with Crippen molar-refractivity contribution in [2.45, 2.75) is 26.2 Å². The Hall–Kier alpha value is -1.50. The van der Waals surface area contributed by atoms with Crippen LogP contribution < -0.4 is 0 Å². The quantitative estimate of drug-likeness (QED) is 0.689. The third kappa shape index (κ3) is 2.44. The van der Waals surface area contributed by atoms with Gasteiger partial charge in [0.1, 0.15) is 0 Å². The topological polar surface area (TPSA) is 3.24 Å². The third-order valence-electron chi connectivity index (χ3n) is 3.34. The van der Waals surface area contributed by atoms with Crippen LogP contribution in [0.4, 0.5) is 0 Å². The molecule has 0 aromatic carbocycles. The molecule has 0 bridgehead atoms. The lowest BCUT2D eigenvalue weighted by atomic mass is 9.97. The molecule has 0 spiro atoms. The van der Waals surface area contributed by atoms with E-state index in [9.17, 15) is 0 Å². The second kappa shape index (κ2) is 5.22. The van der Waals surface area contributed by atoms with Crippen molar-refractivity contribution in [2.75, 3.05) is 14.1 Å². The summed E-state index contributed by atoms with van der Waals surface area (Å²) in [5.74, 6) is 0. The fourth-order valence-corrected chi connectivity index (χ4v) is 2.41. The number of nitrogens with zero attached hydrogens (tertiary/aromatic N) is 1. The van der Waals surface area contributed by atoms with Crippen LogP contribution in [0.3, 0.4) is 0 Å². The molecule has 0 aromatic rings. The molecule has 2 aliphatic rings. The average Bonchev–Trinajstić information content (AvgIpc) is 2.62. The van der Waals surface area contributed by atoms with Gasteiger partial charge in [0.15, 0.2) is 0 Å². The van der Waals surface area contributed by atoms with E-state index in [1.807, 2.05) is 0 Å². The van der Waals surface area contributed by atoms with E-state index in [4.69, 9.17) is 0 Å². The highest BCUT2D eigenvalue weighted by Gasteiger charge is 2.15. The zero-order valence-electron chi connectivity index (χ0n) is 11.0. The minimum absolute atomic E-state index is 1.02. The Balaban J connectivity index is 2.63. The predicted octanol–water partition coefficient (Wildman–Crippen LogP) is 3.98. The highest BCUT2D eigenvalue weighted by Crippen LogP contribution is 2.31. The molecule has 17 heavy (non-hydrogen) atoms. The Morgan fingerprint density at radius 2 is 1.71 bits per heavy atom. The van der Waals surface area contributed by atoms with Crippen molar-refractivity contribution < 1.29 is 0 Å². The first-order valence-electron chi connectivity index (χ1n) is 6.37. The van der Waals surface area contributed by atoms with Crippen molar-refractivity contribution in [3.8, 4) is 0 Å². The van der Waals surface area contributed by atoms with Crippen LogP contribution in [-0.4, -0.2) is 19.0 Å². The number of hydrogen-bond acceptors (Lipinski definition) is 1. The van der Waals surface area contributed by atoms with Crippen molar-refractivity contribution in [3.63, 3.8) is 0 Å². The molecular weight excluding hydrogens is 206 g/mol. The second-order valence-corrected chi connectivity index (χ2v) is 4.69. The zero-order chi connectivity index (χ0) is 12.3. The smallest absolute Gasteiger partial charge is 0.0245 e.